The lowest BCUT2D eigenvalue weighted by atomic mass is 10.1. The van der Waals surface area contributed by atoms with Crippen LogP contribution in [-0.2, 0) is 4.79 Å². The van der Waals surface area contributed by atoms with E-state index in [1.54, 1.807) is 0 Å². The molecular weight excluding hydrogens is 176 g/mol. The van der Waals surface area contributed by atoms with Crippen molar-refractivity contribution in [1.29, 1.82) is 0 Å². The summed E-state index contributed by atoms with van der Waals surface area (Å²) < 4.78 is 0. The minimum absolute atomic E-state index is 0.0262. The number of amides is 1. The Morgan fingerprint density at radius 3 is 3.07 bits per heavy atom. The third-order valence-corrected chi connectivity index (χ3v) is 2.47. The lowest BCUT2D eigenvalue weighted by molar-refractivity contribution is -0.135. The zero-order chi connectivity index (χ0) is 10.4. The Labute approximate surface area is 85.9 Å². The molecule has 0 aromatic carbocycles. The predicted molar refractivity (Wildman–Crippen MR) is 56.7 cm³/mol. The van der Waals surface area contributed by atoms with Crippen molar-refractivity contribution >= 4 is 5.91 Å². The van der Waals surface area contributed by atoms with Crippen molar-refractivity contribution in [3.05, 3.63) is 0 Å². The summed E-state index contributed by atoms with van der Waals surface area (Å²) in [5.41, 5.74) is 0. The topological polar surface area (TPSA) is 32.3 Å². The molecule has 1 amide bonds. The van der Waals surface area contributed by atoms with Crippen LogP contribution in [0, 0.1) is 11.8 Å². The van der Waals surface area contributed by atoms with Gasteiger partial charge in [-0.25, -0.2) is 0 Å². The SMILES string of the molecule is CC#CCCN1CCNC(CC)C1=O. The number of nitrogens with zero attached hydrogens (tertiary/aromatic N) is 1. The smallest absolute Gasteiger partial charge is 0.239 e. The van der Waals surface area contributed by atoms with Gasteiger partial charge in [0.1, 0.15) is 0 Å². The van der Waals surface area contributed by atoms with Crippen molar-refractivity contribution in [2.24, 2.45) is 0 Å². The minimum Gasteiger partial charge on any atom is -0.339 e. The number of carbonyl (C=O) groups is 1. The van der Waals surface area contributed by atoms with E-state index in [0.717, 1.165) is 32.5 Å². The summed E-state index contributed by atoms with van der Waals surface area (Å²) in [5.74, 6) is 6.06. The third-order valence-electron chi connectivity index (χ3n) is 2.47. The van der Waals surface area contributed by atoms with Gasteiger partial charge in [-0.05, 0) is 13.3 Å². The fraction of sp³-hybridized carbons (Fsp3) is 0.727. The summed E-state index contributed by atoms with van der Waals surface area (Å²) >= 11 is 0. The van der Waals surface area contributed by atoms with Gasteiger partial charge in [-0.3, -0.25) is 4.79 Å². The fourth-order valence-corrected chi connectivity index (χ4v) is 1.65. The van der Waals surface area contributed by atoms with Crippen molar-refractivity contribution in [1.82, 2.24) is 10.2 Å². The molecule has 1 aliphatic rings. The van der Waals surface area contributed by atoms with Crippen LogP contribution < -0.4 is 5.32 Å². The highest BCUT2D eigenvalue weighted by molar-refractivity contribution is 5.82. The summed E-state index contributed by atoms with van der Waals surface area (Å²) in [5, 5.41) is 3.21. The lowest BCUT2D eigenvalue weighted by Gasteiger charge is -2.32. The molecule has 0 aliphatic carbocycles. The maximum absolute atomic E-state index is 11.8. The summed E-state index contributed by atoms with van der Waals surface area (Å²) in [6, 6.07) is 0.0262. The number of piperazine rings is 1. The largest absolute Gasteiger partial charge is 0.339 e. The molecule has 0 saturated carbocycles. The van der Waals surface area contributed by atoms with Gasteiger partial charge in [0.15, 0.2) is 0 Å². The quantitative estimate of drug-likeness (QED) is 0.668. The molecule has 14 heavy (non-hydrogen) atoms. The fourth-order valence-electron chi connectivity index (χ4n) is 1.65. The first-order valence-corrected chi connectivity index (χ1v) is 5.21. The standard InChI is InChI=1S/C11H18N2O/c1-3-5-6-8-13-9-7-12-10(4-2)11(13)14/h10,12H,4,6-9H2,1-2H3. The van der Waals surface area contributed by atoms with Crippen molar-refractivity contribution < 1.29 is 4.79 Å². The van der Waals surface area contributed by atoms with Crippen LogP contribution in [0.1, 0.15) is 26.7 Å². The van der Waals surface area contributed by atoms with Crippen LogP contribution in [0.15, 0.2) is 0 Å². The van der Waals surface area contributed by atoms with Gasteiger partial charge in [0.2, 0.25) is 5.91 Å². The summed E-state index contributed by atoms with van der Waals surface area (Å²) in [6.45, 7) is 6.36. The molecule has 1 rings (SSSR count). The van der Waals surface area contributed by atoms with Crippen molar-refractivity contribution in [2.75, 3.05) is 19.6 Å². The maximum Gasteiger partial charge on any atom is 0.239 e. The van der Waals surface area contributed by atoms with Crippen LogP contribution >= 0.6 is 0 Å². The van der Waals surface area contributed by atoms with Crippen LogP contribution in [0.5, 0.6) is 0 Å². The highest BCUT2D eigenvalue weighted by atomic mass is 16.2. The van der Waals surface area contributed by atoms with Gasteiger partial charge in [-0.2, -0.15) is 0 Å². The first-order chi connectivity index (χ1) is 6.79. The molecule has 1 heterocycles. The molecule has 3 nitrogen and oxygen atoms in total. The summed E-state index contributed by atoms with van der Waals surface area (Å²) in [4.78, 5) is 13.7. The van der Waals surface area contributed by atoms with E-state index in [4.69, 9.17) is 0 Å². The monoisotopic (exact) mass is 194 g/mol. The number of carbonyl (C=O) groups excluding carboxylic acids is 1. The molecule has 0 spiro atoms. The molecule has 3 heteroatoms. The van der Waals surface area contributed by atoms with E-state index in [1.807, 2.05) is 18.7 Å². The molecule has 1 unspecified atom stereocenters. The van der Waals surface area contributed by atoms with Gasteiger partial charge in [0.05, 0.1) is 6.04 Å². The maximum atomic E-state index is 11.8. The van der Waals surface area contributed by atoms with Gasteiger partial charge >= 0.3 is 0 Å². The Hall–Kier alpha value is -1.01. The Kier molecular flexibility index (Phi) is 4.48. The molecule has 78 valence electrons. The van der Waals surface area contributed by atoms with Crippen LogP contribution in [0.4, 0.5) is 0 Å². The van der Waals surface area contributed by atoms with Gasteiger partial charge in [0, 0.05) is 26.1 Å². The van der Waals surface area contributed by atoms with Crippen molar-refractivity contribution in [3.63, 3.8) is 0 Å². The zero-order valence-corrected chi connectivity index (χ0v) is 8.97. The molecule has 0 aromatic rings. The van der Waals surface area contributed by atoms with Gasteiger partial charge < -0.3 is 10.2 Å². The van der Waals surface area contributed by atoms with Gasteiger partial charge in [-0.15, -0.1) is 11.8 Å². The van der Waals surface area contributed by atoms with Gasteiger partial charge in [-0.1, -0.05) is 6.92 Å². The predicted octanol–water partition coefficient (Wildman–Crippen LogP) is 0.610. The Bertz CT molecular complexity index is 252. The van der Waals surface area contributed by atoms with Crippen molar-refractivity contribution in [2.45, 2.75) is 32.7 Å². The summed E-state index contributed by atoms with van der Waals surface area (Å²) in [6.07, 6.45) is 1.66. The van der Waals surface area contributed by atoms with E-state index in [0.29, 0.717) is 0 Å². The molecular formula is C11H18N2O. The second-order valence-electron chi connectivity index (χ2n) is 3.42. The molecule has 1 saturated heterocycles. The van der Waals surface area contributed by atoms with E-state index >= 15 is 0 Å². The zero-order valence-electron chi connectivity index (χ0n) is 8.97. The van der Waals surface area contributed by atoms with E-state index < -0.39 is 0 Å². The first-order valence-electron chi connectivity index (χ1n) is 5.21. The van der Waals surface area contributed by atoms with Crippen LogP contribution in [0.25, 0.3) is 0 Å². The molecule has 1 aliphatic heterocycles. The van der Waals surface area contributed by atoms with Crippen LogP contribution in [0.2, 0.25) is 0 Å². The van der Waals surface area contributed by atoms with E-state index in [9.17, 15) is 4.79 Å². The van der Waals surface area contributed by atoms with E-state index in [1.165, 1.54) is 0 Å². The molecule has 0 aromatic heterocycles. The minimum atomic E-state index is 0.0262. The van der Waals surface area contributed by atoms with Crippen LogP contribution in [0.3, 0.4) is 0 Å². The molecule has 0 radical (unpaired) electrons. The van der Waals surface area contributed by atoms with E-state index in [2.05, 4.69) is 17.2 Å². The van der Waals surface area contributed by atoms with E-state index in [-0.39, 0.29) is 11.9 Å². The average molecular weight is 194 g/mol. The Morgan fingerprint density at radius 1 is 1.64 bits per heavy atom. The number of hydrogen-bond acceptors (Lipinski definition) is 2. The second kappa shape index (κ2) is 5.66. The average Bonchev–Trinajstić information content (AvgIpc) is 2.21. The summed E-state index contributed by atoms with van der Waals surface area (Å²) in [7, 11) is 0. The van der Waals surface area contributed by atoms with Crippen molar-refractivity contribution in [3.8, 4) is 11.8 Å². The Balaban J connectivity index is 2.42. The van der Waals surface area contributed by atoms with Crippen LogP contribution in [-0.4, -0.2) is 36.5 Å². The first kappa shape index (κ1) is 11.1. The third kappa shape index (κ3) is 2.74. The molecule has 1 N–H and O–H groups in total. The highest BCUT2D eigenvalue weighted by Crippen LogP contribution is 2.04. The molecule has 1 fully saturated rings. The molecule has 0 bridgehead atoms. The molecule has 1 atom stereocenters. The Morgan fingerprint density at radius 2 is 2.43 bits per heavy atom. The highest BCUT2D eigenvalue weighted by Gasteiger charge is 2.25. The number of rotatable bonds is 3. The lowest BCUT2D eigenvalue weighted by Crippen LogP contribution is -2.54. The number of nitrogens with one attached hydrogen (secondary N) is 1. The second-order valence-corrected chi connectivity index (χ2v) is 3.42. The number of hydrogen-bond donors (Lipinski definition) is 1. The van der Waals surface area contributed by atoms with Gasteiger partial charge in [0.25, 0.3) is 0 Å². The normalized spacial score (nSPS) is 21.7.